The van der Waals surface area contributed by atoms with Crippen LogP contribution in [-0.2, 0) is 0 Å². The minimum absolute atomic E-state index is 0.126. The highest BCUT2D eigenvalue weighted by molar-refractivity contribution is 6.00. The molecule has 4 nitrogen and oxygen atoms in total. The molecule has 0 radical (unpaired) electrons. The number of hydrogen-bond acceptors (Lipinski definition) is 4. The van der Waals surface area contributed by atoms with Crippen LogP contribution in [0.15, 0.2) is 12.1 Å². The molecule has 0 saturated heterocycles. The van der Waals surface area contributed by atoms with Crippen LogP contribution in [0.5, 0.6) is 5.75 Å². The summed E-state index contributed by atoms with van der Waals surface area (Å²) in [5.41, 5.74) is 6.87. The number of rotatable bonds is 6. The maximum atomic E-state index is 12.1. The van der Waals surface area contributed by atoms with Gasteiger partial charge in [-0.25, -0.2) is 8.78 Å². The molecule has 3 N–H and O–H groups in total. The molecule has 0 aromatic heterocycles. The van der Waals surface area contributed by atoms with Gasteiger partial charge in [-0.1, -0.05) is 6.92 Å². The predicted molar refractivity (Wildman–Crippen MR) is 66.5 cm³/mol. The zero-order valence-corrected chi connectivity index (χ0v) is 10.3. The van der Waals surface area contributed by atoms with E-state index in [9.17, 15) is 13.6 Å². The quantitative estimate of drug-likeness (QED) is 0.608. The summed E-state index contributed by atoms with van der Waals surface area (Å²) >= 11 is 0. The monoisotopic (exact) mass is 258 g/mol. The van der Waals surface area contributed by atoms with Gasteiger partial charge in [-0.15, -0.1) is 0 Å². The molecule has 0 amide bonds. The smallest absolute Gasteiger partial charge is 0.272 e. The van der Waals surface area contributed by atoms with Crippen LogP contribution >= 0.6 is 0 Å². The molecule has 1 aromatic rings. The van der Waals surface area contributed by atoms with Crippen molar-refractivity contribution in [3.8, 4) is 5.75 Å². The molecule has 0 saturated carbocycles. The average molecular weight is 258 g/mol. The van der Waals surface area contributed by atoms with Crippen molar-refractivity contribution in [1.82, 2.24) is 0 Å². The first-order valence-electron chi connectivity index (χ1n) is 5.55. The van der Waals surface area contributed by atoms with Gasteiger partial charge in [0, 0.05) is 19.5 Å². The van der Waals surface area contributed by atoms with Crippen LogP contribution in [0.1, 0.15) is 23.7 Å². The number of Topliss-reactive ketones (excluding diaryl/α,β-unsaturated/α-hetero) is 1. The molecule has 0 heterocycles. The Kier molecular flexibility index (Phi) is 4.88. The Balaban J connectivity index is 3.13. The zero-order chi connectivity index (χ0) is 13.7. The summed E-state index contributed by atoms with van der Waals surface area (Å²) in [5.74, 6) is -0.0747. The lowest BCUT2D eigenvalue weighted by Crippen LogP contribution is -2.11. The first-order valence-corrected chi connectivity index (χ1v) is 5.55. The summed E-state index contributed by atoms with van der Waals surface area (Å²) in [7, 11) is 1.64. The molecule has 0 aliphatic carbocycles. The maximum absolute atomic E-state index is 12.1. The van der Waals surface area contributed by atoms with E-state index in [4.69, 9.17) is 10.5 Å². The van der Waals surface area contributed by atoms with Crippen molar-refractivity contribution < 1.29 is 18.3 Å². The van der Waals surface area contributed by atoms with Crippen LogP contribution in [0.4, 0.5) is 20.2 Å². The van der Waals surface area contributed by atoms with Crippen LogP contribution in [0.25, 0.3) is 0 Å². The van der Waals surface area contributed by atoms with Crippen molar-refractivity contribution in [2.24, 2.45) is 0 Å². The van der Waals surface area contributed by atoms with Crippen molar-refractivity contribution in [3.63, 3.8) is 0 Å². The third-order valence-corrected chi connectivity index (χ3v) is 2.41. The molecule has 0 fully saturated rings. The summed E-state index contributed by atoms with van der Waals surface area (Å²) in [6, 6.07) is 2.90. The molecule has 0 aliphatic rings. The van der Waals surface area contributed by atoms with E-state index in [-0.39, 0.29) is 23.5 Å². The summed E-state index contributed by atoms with van der Waals surface area (Å²) in [5, 5.41) is 2.80. The van der Waals surface area contributed by atoms with Gasteiger partial charge in [-0.05, 0) is 6.07 Å². The Labute approximate surface area is 104 Å². The van der Waals surface area contributed by atoms with Gasteiger partial charge in [0.25, 0.3) is 6.43 Å². The molecule has 0 aliphatic heterocycles. The van der Waals surface area contributed by atoms with E-state index in [0.717, 1.165) is 0 Å². The number of ether oxygens (including phenoxy) is 1. The number of ketones is 1. The number of benzene rings is 1. The topological polar surface area (TPSA) is 64.4 Å². The Bertz CT molecular complexity index is 436. The van der Waals surface area contributed by atoms with Gasteiger partial charge in [0.1, 0.15) is 12.4 Å². The van der Waals surface area contributed by atoms with Crippen molar-refractivity contribution in [1.29, 1.82) is 0 Å². The zero-order valence-electron chi connectivity index (χ0n) is 10.3. The molecule has 0 atom stereocenters. The van der Waals surface area contributed by atoms with Crippen molar-refractivity contribution in [2.75, 3.05) is 24.7 Å². The van der Waals surface area contributed by atoms with Gasteiger partial charge < -0.3 is 15.8 Å². The number of halogens is 2. The third-order valence-electron chi connectivity index (χ3n) is 2.41. The Morgan fingerprint density at radius 1 is 1.50 bits per heavy atom. The van der Waals surface area contributed by atoms with Crippen molar-refractivity contribution >= 4 is 17.2 Å². The number of nitrogens with two attached hydrogens (primary N) is 1. The molecule has 0 spiro atoms. The lowest BCUT2D eigenvalue weighted by Gasteiger charge is -2.14. The summed E-state index contributed by atoms with van der Waals surface area (Å²) < 4.78 is 29.2. The predicted octanol–water partition coefficient (Wildman–Crippen LogP) is 2.55. The van der Waals surface area contributed by atoms with E-state index in [2.05, 4.69) is 5.32 Å². The highest BCUT2D eigenvalue weighted by Gasteiger charge is 2.15. The Hall–Kier alpha value is -1.85. The summed E-state index contributed by atoms with van der Waals surface area (Å²) in [6.07, 6.45) is -2.34. The van der Waals surface area contributed by atoms with Gasteiger partial charge in [-0.3, -0.25) is 4.79 Å². The first-order chi connectivity index (χ1) is 8.49. The fourth-order valence-electron chi connectivity index (χ4n) is 1.49. The van der Waals surface area contributed by atoms with Crippen LogP contribution in [0, 0.1) is 0 Å². The van der Waals surface area contributed by atoms with E-state index in [1.54, 1.807) is 14.0 Å². The third kappa shape index (κ3) is 3.32. The highest BCUT2D eigenvalue weighted by Crippen LogP contribution is 2.30. The van der Waals surface area contributed by atoms with Gasteiger partial charge >= 0.3 is 0 Å². The number of nitrogens with one attached hydrogen (secondary N) is 1. The SMILES string of the molecule is CCC(=O)c1cc(N)c(NC)cc1OCC(F)F. The van der Waals surface area contributed by atoms with E-state index < -0.39 is 13.0 Å². The fourth-order valence-corrected chi connectivity index (χ4v) is 1.49. The number of nitrogen functional groups attached to an aromatic ring is 1. The van der Waals surface area contributed by atoms with Gasteiger partial charge in [0.2, 0.25) is 0 Å². The second-order valence-electron chi connectivity index (χ2n) is 3.66. The van der Waals surface area contributed by atoms with Gasteiger partial charge in [0.15, 0.2) is 5.78 Å². The first kappa shape index (κ1) is 14.2. The van der Waals surface area contributed by atoms with E-state index >= 15 is 0 Å². The normalized spacial score (nSPS) is 10.5. The van der Waals surface area contributed by atoms with Crippen LogP contribution in [-0.4, -0.2) is 25.9 Å². The molecular formula is C12H16F2N2O2. The Morgan fingerprint density at radius 3 is 2.67 bits per heavy atom. The van der Waals surface area contributed by atoms with E-state index in [0.29, 0.717) is 11.4 Å². The largest absolute Gasteiger partial charge is 0.487 e. The molecule has 1 rings (SSSR count). The molecular weight excluding hydrogens is 242 g/mol. The Morgan fingerprint density at radius 2 is 2.17 bits per heavy atom. The fraction of sp³-hybridized carbons (Fsp3) is 0.417. The molecule has 0 unspecified atom stereocenters. The second-order valence-corrected chi connectivity index (χ2v) is 3.66. The van der Waals surface area contributed by atoms with Crippen molar-refractivity contribution in [3.05, 3.63) is 17.7 Å². The number of carbonyl (C=O) groups is 1. The number of hydrogen-bond donors (Lipinski definition) is 2. The molecule has 6 heteroatoms. The standard InChI is InChI=1S/C12H16F2N2O2/c1-3-10(17)7-4-8(15)9(16-2)5-11(7)18-6-12(13)14/h4-5,12,16H,3,6,15H2,1-2H3. The van der Waals surface area contributed by atoms with E-state index in [1.807, 2.05) is 0 Å². The van der Waals surface area contributed by atoms with Crippen LogP contribution in [0.3, 0.4) is 0 Å². The summed E-state index contributed by atoms with van der Waals surface area (Å²) in [4.78, 5) is 11.7. The van der Waals surface area contributed by atoms with E-state index in [1.165, 1.54) is 12.1 Å². The lowest BCUT2D eigenvalue weighted by molar-refractivity contribution is 0.0800. The maximum Gasteiger partial charge on any atom is 0.272 e. The van der Waals surface area contributed by atoms with Crippen LogP contribution < -0.4 is 15.8 Å². The number of carbonyl (C=O) groups excluding carboxylic acids is 1. The number of anilines is 2. The lowest BCUT2D eigenvalue weighted by atomic mass is 10.1. The molecule has 0 bridgehead atoms. The van der Waals surface area contributed by atoms with Gasteiger partial charge in [-0.2, -0.15) is 0 Å². The molecule has 100 valence electrons. The second kappa shape index (κ2) is 6.18. The average Bonchev–Trinajstić information content (AvgIpc) is 2.35. The van der Waals surface area contributed by atoms with Crippen molar-refractivity contribution in [2.45, 2.75) is 19.8 Å². The summed E-state index contributed by atoms with van der Waals surface area (Å²) in [6.45, 7) is 0.929. The molecule has 1 aromatic carbocycles. The minimum Gasteiger partial charge on any atom is -0.487 e. The van der Waals surface area contributed by atoms with Gasteiger partial charge in [0.05, 0.1) is 16.9 Å². The minimum atomic E-state index is -2.59. The highest BCUT2D eigenvalue weighted by atomic mass is 19.3. The number of alkyl halides is 2. The molecule has 18 heavy (non-hydrogen) atoms. The van der Waals surface area contributed by atoms with Crippen LogP contribution in [0.2, 0.25) is 0 Å².